The van der Waals surface area contributed by atoms with Gasteiger partial charge in [-0.15, -0.1) is 0 Å². The zero-order valence-electron chi connectivity index (χ0n) is 7.19. The van der Waals surface area contributed by atoms with Gasteiger partial charge in [-0.1, -0.05) is 6.07 Å². The van der Waals surface area contributed by atoms with E-state index in [1.165, 1.54) is 6.07 Å². The summed E-state index contributed by atoms with van der Waals surface area (Å²) in [6.45, 7) is 3.58. The fourth-order valence-corrected chi connectivity index (χ4v) is 1.08. The molecule has 0 aromatic heterocycles. The van der Waals surface area contributed by atoms with E-state index in [2.05, 4.69) is 0 Å². The summed E-state index contributed by atoms with van der Waals surface area (Å²) in [6, 6.07) is 5.26. The van der Waals surface area contributed by atoms with Gasteiger partial charge in [0.05, 0.1) is 12.5 Å². The van der Waals surface area contributed by atoms with Crippen molar-refractivity contribution in [2.24, 2.45) is 0 Å². The number of halogens is 1. The molecule has 0 saturated heterocycles. The molecule has 0 N–H and O–H groups in total. The normalized spacial score (nSPS) is 9.50. The van der Waals surface area contributed by atoms with Crippen LogP contribution in [0.5, 0.6) is 0 Å². The van der Waals surface area contributed by atoms with Gasteiger partial charge in [0, 0.05) is 0 Å². The first kappa shape index (κ1) is 8.73. The van der Waals surface area contributed by atoms with Crippen molar-refractivity contribution in [1.29, 1.82) is 5.26 Å². The third-order valence-electron chi connectivity index (χ3n) is 1.95. The highest BCUT2D eigenvalue weighted by Gasteiger charge is 2.02. The molecule has 0 heterocycles. The summed E-state index contributed by atoms with van der Waals surface area (Å²) < 4.78 is 13.1. The third-order valence-corrected chi connectivity index (χ3v) is 1.95. The van der Waals surface area contributed by atoms with E-state index in [4.69, 9.17) is 5.26 Å². The van der Waals surface area contributed by atoms with Crippen LogP contribution in [0.3, 0.4) is 0 Å². The maximum absolute atomic E-state index is 13.1. The molecule has 1 aromatic carbocycles. The summed E-state index contributed by atoms with van der Waals surface area (Å²) in [6.07, 6.45) is 0.276. The van der Waals surface area contributed by atoms with Crippen molar-refractivity contribution < 1.29 is 4.39 Å². The lowest BCUT2D eigenvalue weighted by molar-refractivity contribution is 0.615. The summed E-state index contributed by atoms with van der Waals surface area (Å²) in [5.41, 5.74) is 2.31. The van der Waals surface area contributed by atoms with Crippen molar-refractivity contribution >= 4 is 0 Å². The molecule has 0 saturated carbocycles. The topological polar surface area (TPSA) is 23.8 Å². The number of nitrogens with zero attached hydrogens (tertiary/aromatic N) is 1. The van der Waals surface area contributed by atoms with Crippen LogP contribution in [-0.4, -0.2) is 0 Å². The molecule has 1 aromatic rings. The fourth-order valence-electron chi connectivity index (χ4n) is 1.08. The van der Waals surface area contributed by atoms with Crippen LogP contribution in [0.15, 0.2) is 12.1 Å². The van der Waals surface area contributed by atoms with E-state index in [1.54, 1.807) is 6.92 Å². The molecular weight excluding hydrogens is 153 g/mol. The maximum Gasteiger partial charge on any atom is 0.126 e. The highest BCUT2D eigenvalue weighted by Crippen LogP contribution is 2.14. The molecule has 0 aliphatic rings. The van der Waals surface area contributed by atoms with Gasteiger partial charge in [0.15, 0.2) is 0 Å². The average molecular weight is 163 g/mol. The Balaban J connectivity index is 3.14. The van der Waals surface area contributed by atoms with Crippen LogP contribution < -0.4 is 0 Å². The van der Waals surface area contributed by atoms with Gasteiger partial charge >= 0.3 is 0 Å². The summed E-state index contributed by atoms with van der Waals surface area (Å²) in [5, 5.41) is 8.40. The predicted molar refractivity (Wildman–Crippen MR) is 45.2 cm³/mol. The molecule has 0 spiro atoms. The minimum Gasteiger partial charge on any atom is -0.207 e. The van der Waals surface area contributed by atoms with Crippen molar-refractivity contribution in [3.05, 3.63) is 34.6 Å². The lowest BCUT2D eigenvalue weighted by Crippen LogP contribution is -1.91. The van der Waals surface area contributed by atoms with Crippen molar-refractivity contribution in [1.82, 2.24) is 0 Å². The summed E-state index contributed by atoms with van der Waals surface area (Å²) in [7, 11) is 0. The summed E-state index contributed by atoms with van der Waals surface area (Å²) in [4.78, 5) is 0. The van der Waals surface area contributed by atoms with Gasteiger partial charge in [-0.25, -0.2) is 4.39 Å². The SMILES string of the molecule is Cc1cc(CC#N)cc(F)c1C. The molecule has 0 aliphatic heterocycles. The van der Waals surface area contributed by atoms with Crippen molar-refractivity contribution in [3.63, 3.8) is 0 Å². The Morgan fingerprint density at radius 3 is 2.58 bits per heavy atom. The van der Waals surface area contributed by atoms with Gasteiger partial charge in [-0.2, -0.15) is 5.26 Å². The zero-order valence-corrected chi connectivity index (χ0v) is 7.19. The molecule has 2 heteroatoms. The Kier molecular flexibility index (Phi) is 2.44. The van der Waals surface area contributed by atoms with Crippen LogP contribution in [0.4, 0.5) is 4.39 Å². The van der Waals surface area contributed by atoms with Crippen molar-refractivity contribution in [2.45, 2.75) is 20.3 Å². The van der Waals surface area contributed by atoms with E-state index in [0.29, 0.717) is 5.56 Å². The van der Waals surface area contributed by atoms with Crippen molar-refractivity contribution in [3.8, 4) is 6.07 Å². The first-order chi connectivity index (χ1) is 5.65. The number of benzene rings is 1. The van der Waals surface area contributed by atoms with Crippen LogP contribution in [0.25, 0.3) is 0 Å². The molecule has 62 valence electrons. The minimum absolute atomic E-state index is 0.222. The van der Waals surface area contributed by atoms with Gasteiger partial charge in [0.25, 0.3) is 0 Å². The number of aryl methyl sites for hydroxylation is 1. The average Bonchev–Trinajstić information content (AvgIpc) is 2.01. The molecule has 0 aliphatic carbocycles. The number of rotatable bonds is 1. The fraction of sp³-hybridized carbons (Fsp3) is 0.300. The lowest BCUT2D eigenvalue weighted by Gasteiger charge is -2.03. The van der Waals surface area contributed by atoms with E-state index >= 15 is 0 Å². The van der Waals surface area contributed by atoms with Crippen LogP contribution in [-0.2, 0) is 6.42 Å². The Bertz CT molecular complexity index is 313. The first-order valence-electron chi connectivity index (χ1n) is 3.77. The van der Waals surface area contributed by atoms with E-state index in [0.717, 1.165) is 11.1 Å². The predicted octanol–water partition coefficient (Wildman–Crippen LogP) is 2.51. The van der Waals surface area contributed by atoms with E-state index < -0.39 is 0 Å². The van der Waals surface area contributed by atoms with Gasteiger partial charge in [0.1, 0.15) is 5.82 Å². The zero-order chi connectivity index (χ0) is 9.14. The molecule has 1 rings (SSSR count). The highest BCUT2D eigenvalue weighted by atomic mass is 19.1. The second-order valence-electron chi connectivity index (χ2n) is 2.85. The maximum atomic E-state index is 13.1. The summed E-state index contributed by atoms with van der Waals surface area (Å²) in [5.74, 6) is -0.222. The Morgan fingerprint density at radius 1 is 1.42 bits per heavy atom. The molecule has 1 nitrogen and oxygen atoms in total. The first-order valence-corrected chi connectivity index (χ1v) is 3.77. The number of hydrogen-bond donors (Lipinski definition) is 0. The van der Waals surface area contributed by atoms with Gasteiger partial charge in [-0.05, 0) is 36.6 Å². The molecule has 0 radical (unpaired) electrons. The molecule has 0 fully saturated rings. The largest absolute Gasteiger partial charge is 0.207 e. The Hall–Kier alpha value is -1.36. The number of hydrogen-bond acceptors (Lipinski definition) is 1. The van der Waals surface area contributed by atoms with Crippen molar-refractivity contribution in [2.75, 3.05) is 0 Å². The number of nitriles is 1. The second-order valence-corrected chi connectivity index (χ2v) is 2.85. The highest BCUT2D eigenvalue weighted by molar-refractivity contribution is 5.32. The Labute approximate surface area is 71.4 Å². The van der Waals surface area contributed by atoms with E-state index in [1.807, 2.05) is 19.1 Å². The van der Waals surface area contributed by atoms with Crippen LogP contribution in [0.1, 0.15) is 16.7 Å². The third kappa shape index (κ3) is 1.62. The van der Waals surface area contributed by atoms with Crippen LogP contribution in [0.2, 0.25) is 0 Å². The van der Waals surface area contributed by atoms with Gasteiger partial charge < -0.3 is 0 Å². The molecule has 12 heavy (non-hydrogen) atoms. The molecule has 0 bridgehead atoms. The minimum atomic E-state index is -0.222. The van der Waals surface area contributed by atoms with E-state index in [9.17, 15) is 4.39 Å². The lowest BCUT2D eigenvalue weighted by atomic mass is 10.0. The van der Waals surface area contributed by atoms with Crippen LogP contribution >= 0.6 is 0 Å². The molecule has 0 amide bonds. The molecular formula is C10H10FN. The standard InChI is InChI=1S/C10H10FN/c1-7-5-9(3-4-12)6-10(11)8(7)2/h5-6H,3H2,1-2H3. The van der Waals surface area contributed by atoms with Crippen LogP contribution in [0, 0.1) is 31.0 Å². The second kappa shape index (κ2) is 3.36. The van der Waals surface area contributed by atoms with Gasteiger partial charge in [-0.3, -0.25) is 0 Å². The molecule has 0 unspecified atom stereocenters. The van der Waals surface area contributed by atoms with E-state index in [-0.39, 0.29) is 12.2 Å². The quantitative estimate of drug-likeness (QED) is 0.624. The summed E-state index contributed by atoms with van der Waals surface area (Å²) >= 11 is 0. The molecule has 0 atom stereocenters. The Morgan fingerprint density at radius 2 is 2.08 bits per heavy atom. The monoisotopic (exact) mass is 163 g/mol. The van der Waals surface area contributed by atoms with Gasteiger partial charge in [0.2, 0.25) is 0 Å². The smallest absolute Gasteiger partial charge is 0.126 e.